The number of carboxylic acids is 1. The van der Waals surface area contributed by atoms with E-state index in [0.717, 1.165) is 30.4 Å². The molecule has 1 amide bonds. The third-order valence-corrected chi connectivity index (χ3v) is 4.94. The predicted molar refractivity (Wildman–Crippen MR) is 78.9 cm³/mol. The van der Waals surface area contributed by atoms with E-state index in [1.807, 2.05) is 31.2 Å². The Morgan fingerprint density at radius 3 is 2.62 bits per heavy atom. The normalized spacial score (nSPS) is 27.7. The van der Waals surface area contributed by atoms with E-state index < -0.39 is 12.0 Å². The minimum absolute atomic E-state index is 0.0550. The van der Waals surface area contributed by atoms with Crippen LogP contribution < -0.4 is 0 Å². The Kier molecular flexibility index (Phi) is 3.70. The molecule has 1 saturated carbocycles. The van der Waals surface area contributed by atoms with Crippen molar-refractivity contribution in [3.05, 3.63) is 35.4 Å². The Bertz CT molecular complexity index is 552. The van der Waals surface area contributed by atoms with Crippen LogP contribution in [-0.2, 0) is 16.0 Å². The van der Waals surface area contributed by atoms with Crippen LogP contribution in [0.1, 0.15) is 30.4 Å². The topological polar surface area (TPSA) is 57.6 Å². The van der Waals surface area contributed by atoms with Gasteiger partial charge >= 0.3 is 5.97 Å². The third kappa shape index (κ3) is 2.67. The Morgan fingerprint density at radius 2 is 1.95 bits per heavy atom. The van der Waals surface area contributed by atoms with Crippen LogP contribution >= 0.6 is 0 Å². The van der Waals surface area contributed by atoms with E-state index in [0.29, 0.717) is 18.9 Å². The van der Waals surface area contributed by atoms with E-state index in [4.69, 9.17) is 0 Å². The number of rotatable bonds is 3. The lowest BCUT2D eigenvalue weighted by Gasteiger charge is -2.24. The van der Waals surface area contributed by atoms with Gasteiger partial charge in [-0.05, 0) is 37.2 Å². The lowest BCUT2D eigenvalue weighted by atomic mass is 9.94. The molecule has 1 saturated heterocycles. The summed E-state index contributed by atoms with van der Waals surface area (Å²) in [7, 11) is 0. The molecule has 4 nitrogen and oxygen atoms in total. The maximum absolute atomic E-state index is 12.5. The van der Waals surface area contributed by atoms with E-state index in [-0.39, 0.29) is 11.8 Å². The number of hydrogen-bond acceptors (Lipinski definition) is 2. The number of benzene rings is 1. The average molecular weight is 287 g/mol. The molecule has 2 aliphatic rings. The highest BCUT2D eigenvalue weighted by molar-refractivity contribution is 5.86. The smallest absolute Gasteiger partial charge is 0.326 e. The van der Waals surface area contributed by atoms with Gasteiger partial charge in [0.1, 0.15) is 6.04 Å². The molecule has 2 fully saturated rings. The highest BCUT2D eigenvalue weighted by Gasteiger charge is 2.49. The maximum atomic E-state index is 12.5. The summed E-state index contributed by atoms with van der Waals surface area (Å²) in [5.41, 5.74) is 2.11. The molecule has 1 heterocycles. The zero-order valence-electron chi connectivity index (χ0n) is 12.3. The highest BCUT2D eigenvalue weighted by Crippen LogP contribution is 2.42. The van der Waals surface area contributed by atoms with Crippen LogP contribution in [0.25, 0.3) is 0 Å². The van der Waals surface area contributed by atoms with E-state index in [9.17, 15) is 14.7 Å². The molecular weight excluding hydrogens is 266 g/mol. The second-order valence-corrected chi connectivity index (χ2v) is 6.35. The summed E-state index contributed by atoms with van der Waals surface area (Å²) in [6.45, 7) is 2.63. The van der Waals surface area contributed by atoms with Gasteiger partial charge < -0.3 is 10.0 Å². The van der Waals surface area contributed by atoms with Gasteiger partial charge in [-0.2, -0.15) is 0 Å². The van der Waals surface area contributed by atoms with Gasteiger partial charge in [0.2, 0.25) is 5.91 Å². The van der Waals surface area contributed by atoms with E-state index in [1.54, 1.807) is 4.90 Å². The zero-order chi connectivity index (χ0) is 15.0. The number of hydrogen-bond donors (Lipinski definition) is 1. The Balaban J connectivity index is 1.74. The van der Waals surface area contributed by atoms with Crippen molar-refractivity contribution in [1.29, 1.82) is 0 Å². The number of carbonyl (C=O) groups is 2. The van der Waals surface area contributed by atoms with Crippen LogP contribution in [0.15, 0.2) is 24.3 Å². The van der Waals surface area contributed by atoms with Crippen molar-refractivity contribution < 1.29 is 14.7 Å². The maximum Gasteiger partial charge on any atom is 0.326 e. The summed E-state index contributed by atoms with van der Waals surface area (Å²) < 4.78 is 0. The molecule has 1 aromatic carbocycles. The van der Waals surface area contributed by atoms with Crippen molar-refractivity contribution in [3.63, 3.8) is 0 Å². The van der Waals surface area contributed by atoms with Crippen molar-refractivity contribution in [2.24, 2.45) is 11.8 Å². The summed E-state index contributed by atoms with van der Waals surface area (Å²) in [6, 6.07) is 7.24. The molecule has 0 bridgehead atoms. The van der Waals surface area contributed by atoms with Crippen LogP contribution in [0.5, 0.6) is 0 Å². The van der Waals surface area contributed by atoms with E-state index in [2.05, 4.69) is 0 Å². The standard InChI is InChI=1S/C17H21NO3/c1-11-5-7-12(8-6-11)9-15(19)18-10-13-3-2-4-14(13)16(18)17(20)21/h5-8,13-14,16H,2-4,9-10H2,1H3,(H,20,21). The van der Waals surface area contributed by atoms with Crippen LogP contribution in [-0.4, -0.2) is 34.5 Å². The van der Waals surface area contributed by atoms with Gasteiger partial charge in [-0.1, -0.05) is 36.2 Å². The lowest BCUT2D eigenvalue weighted by molar-refractivity contribution is -0.149. The summed E-state index contributed by atoms with van der Waals surface area (Å²) in [5.74, 6) is -0.361. The number of aliphatic carboxylic acids is 1. The first kappa shape index (κ1) is 14.1. The molecule has 1 aliphatic heterocycles. The molecule has 3 atom stereocenters. The molecule has 1 aromatic rings. The molecule has 1 aliphatic carbocycles. The second-order valence-electron chi connectivity index (χ2n) is 6.35. The van der Waals surface area contributed by atoms with E-state index in [1.165, 1.54) is 0 Å². The largest absolute Gasteiger partial charge is 0.480 e. The van der Waals surface area contributed by atoms with Crippen molar-refractivity contribution in [2.45, 2.75) is 38.6 Å². The first-order valence-electron chi connectivity index (χ1n) is 7.64. The first-order chi connectivity index (χ1) is 10.1. The molecule has 3 unspecified atom stereocenters. The van der Waals surface area contributed by atoms with Crippen LogP contribution in [0.2, 0.25) is 0 Å². The molecule has 0 aromatic heterocycles. The molecule has 21 heavy (non-hydrogen) atoms. The average Bonchev–Trinajstić information content (AvgIpc) is 3.00. The minimum Gasteiger partial charge on any atom is -0.480 e. The zero-order valence-corrected chi connectivity index (χ0v) is 12.3. The van der Waals surface area contributed by atoms with Crippen molar-refractivity contribution >= 4 is 11.9 Å². The summed E-state index contributed by atoms with van der Waals surface area (Å²) in [5, 5.41) is 9.49. The molecule has 0 radical (unpaired) electrons. The number of fused-ring (bicyclic) bond motifs is 1. The molecule has 1 N–H and O–H groups in total. The van der Waals surface area contributed by atoms with Crippen LogP contribution in [0.4, 0.5) is 0 Å². The number of carboxylic acid groups (broad SMARTS) is 1. The quantitative estimate of drug-likeness (QED) is 0.927. The van der Waals surface area contributed by atoms with Gasteiger partial charge in [0.25, 0.3) is 0 Å². The van der Waals surface area contributed by atoms with Gasteiger partial charge in [-0.25, -0.2) is 4.79 Å². The Hall–Kier alpha value is -1.84. The predicted octanol–water partition coefficient (Wildman–Crippen LogP) is 2.25. The number of carbonyl (C=O) groups excluding carboxylic acids is 1. The van der Waals surface area contributed by atoms with Gasteiger partial charge in [0, 0.05) is 6.54 Å². The molecule has 4 heteroatoms. The number of amides is 1. The number of nitrogens with zero attached hydrogens (tertiary/aromatic N) is 1. The summed E-state index contributed by atoms with van der Waals surface area (Å²) in [4.78, 5) is 25.7. The Morgan fingerprint density at radius 1 is 1.24 bits per heavy atom. The summed E-state index contributed by atoms with van der Waals surface area (Å²) >= 11 is 0. The second kappa shape index (κ2) is 5.51. The highest BCUT2D eigenvalue weighted by atomic mass is 16.4. The van der Waals surface area contributed by atoms with Gasteiger partial charge in [-0.3, -0.25) is 4.79 Å². The number of likely N-dealkylation sites (tertiary alicyclic amines) is 1. The van der Waals surface area contributed by atoms with Crippen molar-refractivity contribution in [1.82, 2.24) is 4.90 Å². The van der Waals surface area contributed by atoms with Crippen LogP contribution in [0.3, 0.4) is 0 Å². The molecule has 112 valence electrons. The fraction of sp³-hybridized carbons (Fsp3) is 0.529. The van der Waals surface area contributed by atoms with Crippen molar-refractivity contribution in [3.8, 4) is 0 Å². The van der Waals surface area contributed by atoms with Gasteiger partial charge in [0.15, 0.2) is 0 Å². The van der Waals surface area contributed by atoms with E-state index >= 15 is 0 Å². The first-order valence-corrected chi connectivity index (χ1v) is 7.64. The molecule has 3 rings (SSSR count). The number of aryl methyl sites for hydroxylation is 1. The SMILES string of the molecule is Cc1ccc(CC(=O)N2CC3CCCC3C2C(=O)O)cc1. The fourth-order valence-corrected chi connectivity index (χ4v) is 3.86. The fourth-order valence-electron chi connectivity index (χ4n) is 3.86. The minimum atomic E-state index is -0.846. The lowest BCUT2D eigenvalue weighted by Crippen LogP contribution is -2.43. The van der Waals surface area contributed by atoms with Gasteiger partial charge in [-0.15, -0.1) is 0 Å². The van der Waals surface area contributed by atoms with Crippen LogP contribution in [0, 0.1) is 18.8 Å². The monoisotopic (exact) mass is 287 g/mol. The van der Waals surface area contributed by atoms with Crippen molar-refractivity contribution in [2.75, 3.05) is 6.54 Å². The third-order valence-electron chi connectivity index (χ3n) is 4.94. The molecular formula is C17H21NO3. The summed E-state index contributed by atoms with van der Waals surface area (Å²) in [6.07, 6.45) is 3.39. The Labute approximate surface area is 124 Å². The van der Waals surface area contributed by atoms with Gasteiger partial charge in [0.05, 0.1) is 6.42 Å². The molecule has 0 spiro atoms.